The smallest absolute Gasteiger partial charge is 0.410 e. The number of nitrogens with one attached hydrogen (secondary N) is 1. The molecule has 0 bridgehead atoms. The van der Waals surface area contributed by atoms with Crippen LogP contribution in [0.15, 0.2) is 48.5 Å². The number of amides is 2. The van der Waals surface area contributed by atoms with E-state index in [0.717, 1.165) is 29.8 Å². The van der Waals surface area contributed by atoms with Crippen LogP contribution in [0.4, 0.5) is 4.79 Å². The predicted molar refractivity (Wildman–Crippen MR) is 148 cm³/mol. The molecule has 8 nitrogen and oxygen atoms in total. The maximum Gasteiger partial charge on any atom is 0.410 e. The van der Waals surface area contributed by atoms with Gasteiger partial charge in [0.25, 0.3) is 0 Å². The maximum absolute atomic E-state index is 13.5. The standard InChI is InChI=1S/C30H43N3O5/c1-22(2)32(23(3)4)18-16-31-29(35)28-27-14-13-26(38-25-11-7-5-8-12-25)21-24(27)15-17-33(28)30(36)37-20-10-6-9-19-34/h5,7-8,11-14,21-23,28,34H,6,9-10,15-20H2,1-4H3,(H,31,35). The number of rotatable bonds is 13. The zero-order valence-electron chi connectivity index (χ0n) is 23.2. The SMILES string of the molecule is CC(C)N(CCNC(=O)C1c2ccc(Oc3ccccc3)cc2CCN1C(=O)OCCCCCO)C(C)C. The number of ether oxygens (including phenoxy) is 2. The minimum absolute atomic E-state index is 0.125. The van der Waals surface area contributed by atoms with Crippen molar-refractivity contribution in [3.63, 3.8) is 0 Å². The first-order valence-electron chi connectivity index (χ1n) is 13.7. The van der Waals surface area contributed by atoms with Crippen LogP contribution in [0.1, 0.15) is 64.1 Å². The van der Waals surface area contributed by atoms with Crippen molar-refractivity contribution in [1.29, 1.82) is 0 Å². The molecule has 8 heteroatoms. The molecule has 2 aromatic carbocycles. The van der Waals surface area contributed by atoms with Crippen molar-refractivity contribution < 1.29 is 24.2 Å². The highest BCUT2D eigenvalue weighted by Crippen LogP contribution is 2.34. The van der Waals surface area contributed by atoms with Crippen LogP contribution in [-0.2, 0) is 16.0 Å². The lowest BCUT2D eigenvalue weighted by Gasteiger charge is -2.36. The number of carbonyl (C=O) groups is 2. The van der Waals surface area contributed by atoms with E-state index in [1.807, 2.05) is 48.5 Å². The van der Waals surface area contributed by atoms with Gasteiger partial charge in [-0.1, -0.05) is 24.3 Å². The molecule has 0 aliphatic carbocycles. The first kappa shape index (κ1) is 29.5. The minimum Gasteiger partial charge on any atom is -0.457 e. The monoisotopic (exact) mass is 525 g/mol. The zero-order chi connectivity index (χ0) is 27.5. The molecule has 2 aromatic rings. The van der Waals surface area contributed by atoms with Crippen LogP contribution in [0.25, 0.3) is 0 Å². The molecule has 1 aliphatic rings. The van der Waals surface area contributed by atoms with E-state index in [1.54, 1.807) is 0 Å². The average Bonchev–Trinajstić information content (AvgIpc) is 2.90. The molecule has 1 heterocycles. The Morgan fingerprint density at radius 3 is 2.45 bits per heavy atom. The highest BCUT2D eigenvalue weighted by molar-refractivity contribution is 5.88. The Balaban J connectivity index is 1.76. The van der Waals surface area contributed by atoms with Gasteiger partial charge in [-0.15, -0.1) is 0 Å². The third kappa shape index (κ3) is 8.20. The van der Waals surface area contributed by atoms with E-state index < -0.39 is 12.1 Å². The van der Waals surface area contributed by atoms with Crippen molar-refractivity contribution in [3.05, 3.63) is 59.7 Å². The van der Waals surface area contributed by atoms with Crippen LogP contribution in [-0.4, -0.2) is 71.8 Å². The van der Waals surface area contributed by atoms with Gasteiger partial charge in [0.15, 0.2) is 0 Å². The Bertz CT molecular complexity index is 1020. The molecule has 2 amide bonds. The summed E-state index contributed by atoms with van der Waals surface area (Å²) in [4.78, 5) is 30.5. The topological polar surface area (TPSA) is 91.3 Å². The summed E-state index contributed by atoms with van der Waals surface area (Å²) in [5.41, 5.74) is 1.77. The molecule has 0 saturated carbocycles. The molecule has 0 spiro atoms. The number of aliphatic hydroxyl groups is 1. The first-order valence-corrected chi connectivity index (χ1v) is 13.7. The van der Waals surface area contributed by atoms with Gasteiger partial charge in [0.05, 0.1) is 6.61 Å². The minimum atomic E-state index is -0.777. The van der Waals surface area contributed by atoms with Crippen molar-refractivity contribution in [2.75, 3.05) is 32.8 Å². The average molecular weight is 526 g/mol. The maximum atomic E-state index is 13.5. The second kappa shape index (κ2) is 14.7. The van der Waals surface area contributed by atoms with Gasteiger partial charge in [0, 0.05) is 38.3 Å². The normalized spacial score (nSPS) is 15.1. The number of nitrogens with zero attached hydrogens (tertiary/aromatic N) is 2. The van der Waals surface area contributed by atoms with Gasteiger partial charge in [-0.05, 0) is 88.8 Å². The molecule has 1 atom stereocenters. The van der Waals surface area contributed by atoms with Gasteiger partial charge < -0.3 is 19.9 Å². The summed E-state index contributed by atoms with van der Waals surface area (Å²) < 4.78 is 11.5. The molecular formula is C30H43N3O5. The fourth-order valence-corrected chi connectivity index (χ4v) is 4.92. The predicted octanol–water partition coefficient (Wildman–Crippen LogP) is 4.91. The summed E-state index contributed by atoms with van der Waals surface area (Å²) in [6, 6.07) is 15.2. The van der Waals surface area contributed by atoms with Gasteiger partial charge >= 0.3 is 6.09 Å². The van der Waals surface area contributed by atoms with E-state index in [9.17, 15) is 9.59 Å². The molecule has 1 unspecified atom stereocenters. The second-order valence-electron chi connectivity index (χ2n) is 10.2. The Labute approximate surface area is 226 Å². The highest BCUT2D eigenvalue weighted by Gasteiger charge is 2.37. The zero-order valence-corrected chi connectivity index (χ0v) is 23.2. The summed E-state index contributed by atoms with van der Waals surface area (Å²) in [6.07, 6.45) is 2.24. The Morgan fingerprint density at radius 1 is 1.03 bits per heavy atom. The number of para-hydroxylation sites is 1. The van der Waals surface area contributed by atoms with Gasteiger partial charge in [-0.2, -0.15) is 0 Å². The van der Waals surface area contributed by atoms with Gasteiger partial charge in [-0.25, -0.2) is 4.79 Å². The third-order valence-corrected chi connectivity index (χ3v) is 6.83. The molecule has 38 heavy (non-hydrogen) atoms. The lowest BCUT2D eigenvalue weighted by atomic mass is 9.92. The van der Waals surface area contributed by atoms with Gasteiger partial charge in [-0.3, -0.25) is 14.6 Å². The number of fused-ring (bicyclic) bond motifs is 1. The fraction of sp³-hybridized carbons (Fsp3) is 0.533. The third-order valence-electron chi connectivity index (χ3n) is 6.83. The fourth-order valence-electron chi connectivity index (χ4n) is 4.92. The van der Waals surface area contributed by atoms with Crippen molar-refractivity contribution in [2.45, 2.75) is 71.5 Å². The molecule has 0 aromatic heterocycles. The lowest BCUT2D eigenvalue weighted by molar-refractivity contribution is -0.126. The van der Waals surface area contributed by atoms with E-state index in [4.69, 9.17) is 14.6 Å². The summed E-state index contributed by atoms with van der Waals surface area (Å²) in [5, 5.41) is 12.0. The van der Waals surface area contributed by atoms with Crippen LogP contribution >= 0.6 is 0 Å². The van der Waals surface area contributed by atoms with E-state index in [2.05, 4.69) is 37.9 Å². The summed E-state index contributed by atoms with van der Waals surface area (Å²) in [6.45, 7) is 10.6. The summed E-state index contributed by atoms with van der Waals surface area (Å²) in [5.74, 6) is 1.22. The van der Waals surface area contributed by atoms with Gasteiger partial charge in [0.2, 0.25) is 5.91 Å². The van der Waals surface area contributed by atoms with E-state index in [-0.39, 0.29) is 19.1 Å². The highest BCUT2D eigenvalue weighted by atomic mass is 16.6. The molecule has 3 rings (SSSR count). The van der Waals surface area contributed by atoms with E-state index in [1.165, 1.54) is 4.90 Å². The van der Waals surface area contributed by atoms with Crippen molar-refractivity contribution >= 4 is 12.0 Å². The number of unbranched alkanes of at least 4 members (excludes halogenated alkanes) is 2. The van der Waals surface area contributed by atoms with Crippen molar-refractivity contribution in [3.8, 4) is 11.5 Å². The molecule has 1 aliphatic heterocycles. The van der Waals surface area contributed by atoms with E-state index >= 15 is 0 Å². The van der Waals surface area contributed by atoms with Crippen LogP contribution in [0.5, 0.6) is 11.5 Å². The summed E-state index contributed by atoms with van der Waals surface area (Å²) in [7, 11) is 0. The Kier molecular flexibility index (Phi) is 11.4. The largest absolute Gasteiger partial charge is 0.457 e. The number of carbonyl (C=O) groups excluding carboxylic acids is 2. The lowest BCUT2D eigenvalue weighted by Crippen LogP contribution is -2.49. The van der Waals surface area contributed by atoms with E-state index in [0.29, 0.717) is 50.2 Å². The number of hydrogen-bond acceptors (Lipinski definition) is 6. The molecule has 0 fully saturated rings. The van der Waals surface area contributed by atoms with Gasteiger partial charge in [0.1, 0.15) is 17.5 Å². The molecule has 0 radical (unpaired) electrons. The number of aliphatic hydroxyl groups excluding tert-OH is 1. The Hall–Kier alpha value is -3.10. The first-order chi connectivity index (χ1) is 18.3. The number of benzene rings is 2. The molecular weight excluding hydrogens is 482 g/mol. The quantitative estimate of drug-likeness (QED) is 0.361. The Morgan fingerprint density at radius 2 is 1.76 bits per heavy atom. The van der Waals surface area contributed by atoms with Crippen LogP contribution in [0, 0.1) is 0 Å². The second-order valence-corrected chi connectivity index (χ2v) is 10.2. The van der Waals surface area contributed by atoms with Crippen LogP contribution < -0.4 is 10.1 Å². The molecule has 208 valence electrons. The summed E-state index contributed by atoms with van der Waals surface area (Å²) >= 11 is 0. The van der Waals surface area contributed by atoms with Crippen LogP contribution in [0.2, 0.25) is 0 Å². The van der Waals surface area contributed by atoms with Crippen molar-refractivity contribution in [2.24, 2.45) is 0 Å². The molecule has 0 saturated heterocycles. The number of hydrogen-bond donors (Lipinski definition) is 2. The molecule has 2 N–H and O–H groups in total. The van der Waals surface area contributed by atoms with Crippen LogP contribution in [0.3, 0.4) is 0 Å². The van der Waals surface area contributed by atoms with Crippen molar-refractivity contribution in [1.82, 2.24) is 15.1 Å².